The van der Waals surface area contributed by atoms with Crippen LogP contribution in [0.2, 0.25) is 5.02 Å². The number of benzene rings is 3. The van der Waals surface area contributed by atoms with E-state index in [9.17, 15) is 0 Å². The molecule has 4 rings (SSSR count). The highest BCUT2D eigenvalue weighted by Gasteiger charge is 2.10. The minimum Gasteiger partial charge on any atom is -0.494 e. The van der Waals surface area contributed by atoms with Gasteiger partial charge >= 0.3 is 0 Å². The molecule has 1 aromatic heterocycles. The number of halogens is 1. The zero-order chi connectivity index (χ0) is 21.6. The highest BCUT2D eigenvalue weighted by Crippen LogP contribution is 2.25. The quantitative estimate of drug-likeness (QED) is 0.243. The Labute approximate surface area is 190 Å². The van der Waals surface area contributed by atoms with E-state index in [4.69, 9.17) is 16.3 Å². The van der Waals surface area contributed by atoms with Crippen LogP contribution in [0.3, 0.4) is 0 Å². The number of rotatable bonds is 6. The molecule has 0 amide bonds. The number of aromatic nitrogens is 1. The van der Waals surface area contributed by atoms with Gasteiger partial charge < -0.3 is 4.74 Å². The van der Waals surface area contributed by atoms with Crippen LogP contribution in [0.1, 0.15) is 19.4 Å². The lowest BCUT2D eigenvalue weighted by Gasteiger charge is -2.10. The Morgan fingerprint density at radius 2 is 1.68 bits per heavy atom. The third kappa shape index (κ3) is 4.95. The van der Waals surface area contributed by atoms with E-state index in [2.05, 4.69) is 44.4 Å². The van der Waals surface area contributed by atoms with Crippen LogP contribution in [-0.4, -0.2) is 16.9 Å². The van der Waals surface area contributed by atoms with E-state index in [1.54, 1.807) is 11.3 Å². The second kappa shape index (κ2) is 9.77. The number of hydrogen-bond acceptors (Lipinski definition) is 4. The Morgan fingerprint density at radius 1 is 0.968 bits per heavy atom. The van der Waals surface area contributed by atoms with Gasteiger partial charge in [-0.3, -0.25) is 4.57 Å². The van der Waals surface area contributed by atoms with Gasteiger partial charge in [0.25, 0.3) is 0 Å². The summed E-state index contributed by atoms with van der Waals surface area (Å²) < 4.78 is 7.71. The van der Waals surface area contributed by atoms with Crippen molar-refractivity contribution < 1.29 is 4.74 Å². The van der Waals surface area contributed by atoms with Gasteiger partial charge in [0, 0.05) is 16.1 Å². The van der Waals surface area contributed by atoms with Gasteiger partial charge in [0.05, 0.1) is 18.0 Å². The molecule has 3 aromatic carbocycles. The summed E-state index contributed by atoms with van der Waals surface area (Å²) in [5, 5.41) is 11.9. The molecule has 6 heteroatoms. The van der Waals surface area contributed by atoms with Crippen LogP contribution in [0.5, 0.6) is 5.75 Å². The summed E-state index contributed by atoms with van der Waals surface area (Å²) in [7, 11) is 0. The first-order valence-electron chi connectivity index (χ1n) is 9.99. The Kier molecular flexibility index (Phi) is 6.65. The molecule has 4 nitrogen and oxygen atoms in total. The molecule has 0 saturated heterocycles. The third-order valence-corrected chi connectivity index (χ3v) is 5.80. The van der Waals surface area contributed by atoms with Gasteiger partial charge in [0.2, 0.25) is 4.80 Å². The van der Waals surface area contributed by atoms with E-state index >= 15 is 0 Å². The largest absolute Gasteiger partial charge is 0.494 e. The zero-order valence-corrected chi connectivity index (χ0v) is 18.9. The third-order valence-electron chi connectivity index (χ3n) is 4.73. The molecule has 0 aliphatic heterocycles. The van der Waals surface area contributed by atoms with Gasteiger partial charge in [-0.1, -0.05) is 41.9 Å². The maximum absolute atomic E-state index is 5.99. The highest BCUT2D eigenvalue weighted by molar-refractivity contribution is 7.07. The average molecular weight is 448 g/mol. The smallest absolute Gasteiger partial charge is 0.215 e. The molecule has 0 bridgehead atoms. The fraction of sp³-hybridized carbons (Fsp3) is 0.120. The maximum atomic E-state index is 5.99. The molecular formula is C25H22ClN3OS. The Bertz CT molecular complexity index is 1240. The Hall–Kier alpha value is -3.15. The van der Waals surface area contributed by atoms with E-state index < -0.39 is 0 Å². The molecular weight excluding hydrogens is 426 g/mol. The van der Waals surface area contributed by atoms with Crippen molar-refractivity contribution in [2.75, 3.05) is 6.61 Å². The van der Waals surface area contributed by atoms with Crippen molar-refractivity contribution in [2.24, 2.45) is 10.2 Å². The SMILES string of the molecule is CCOc1ccc(-c2csc(=NN=C(C)c3ccc(Cl)cc3)n2-c2ccccc2)cc1. The molecule has 0 aliphatic carbocycles. The molecule has 0 saturated carbocycles. The molecule has 0 spiro atoms. The molecule has 156 valence electrons. The minimum absolute atomic E-state index is 0.649. The normalized spacial score (nSPS) is 12.2. The van der Waals surface area contributed by atoms with E-state index in [0.717, 1.165) is 38.8 Å². The first-order valence-corrected chi connectivity index (χ1v) is 11.2. The van der Waals surface area contributed by atoms with Crippen molar-refractivity contribution >= 4 is 28.6 Å². The Balaban J connectivity index is 1.79. The molecule has 0 aliphatic rings. The minimum atomic E-state index is 0.649. The second-order valence-electron chi connectivity index (χ2n) is 6.82. The van der Waals surface area contributed by atoms with Gasteiger partial charge in [-0.25, -0.2) is 0 Å². The van der Waals surface area contributed by atoms with Crippen molar-refractivity contribution in [2.45, 2.75) is 13.8 Å². The van der Waals surface area contributed by atoms with Gasteiger partial charge in [-0.05, 0) is 73.5 Å². The summed E-state index contributed by atoms with van der Waals surface area (Å²) in [5.41, 5.74) is 4.99. The fourth-order valence-corrected chi connectivity index (χ4v) is 4.15. The van der Waals surface area contributed by atoms with Crippen LogP contribution >= 0.6 is 22.9 Å². The summed E-state index contributed by atoms with van der Waals surface area (Å²) in [5.74, 6) is 0.862. The summed E-state index contributed by atoms with van der Waals surface area (Å²) in [4.78, 5) is 0.795. The van der Waals surface area contributed by atoms with E-state index in [1.165, 1.54) is 0 Å². The molecule has 1 heterocycles. The summed E-state index contributed by atoms with van der Waals surface area (Å²) >= 11 is 7.55. The van der Waals surface area contributed by atoms with Gasteiger partial charge in [0.1, 0.15) is 5.75 Å². The predicted octanol–water partition coefficient (Wildman–Crippen LogP) is 6.58. The summed E-state index contributed by atoms with van der Waals surface area (Å²) in [6.07, 6.45) is 0. The number of nitrogens with zero attached hydrogens (tertiary/aromatic N) is 3. The van der Waals surface area contributed by atoms with Crippen molar-refractivity contribution in [3.8, 4) is 22.7 Å². The molecule has 31 heavy (non-hydrogen) atoms. The van der Waals surface area contributed by atoms with Crippen LogP contribution in [0, 0.1) is 0 Å². The molecule has 0 N–H and O–H groups in total. The Morgan fingerprint density at radius 3 is 2.35 bits per heavy atom. The van der Waals surface area contributed by atoms with Crippen molar-refractivity contribution in [1.82, 2.24) is 4.57 Å². The molecule has 0 atom stereocenters. The zero-order valence-electron chi connectivity index (χ0n) is 17.3. The lowest BCUT2D eigenvalue weighted by Crippen LogP contribution is -2.13. The molecule has 4 aromatic rings. The van der Waals surface area contributed by atoms with Gasteiger partial charge in [-0.15, -0.1) is 16.4 Å². The van der Waals surface area contributed by atoms with Crippen LogP contribution in [0.15, 0.2) is 94.4 Å². The summed E-state index contributed by atoms with van der Waals surface area (Å²) in [6.45, 7) is 4.58. The summed E-state index contributed by atoms with van der Waals surface area (Å²) in [6, 6.07) is 25.9. The predicted molar refractivity (Wildman–Crippen MR) is 129 cm³/mol. The molecule has 0 fully saturated rings. The van der Waals surface area contributed by atoms with Crippen LogP contribution in [-0.2, 0) is 0 Å². The van der Waals surface area contributed by atoms with Crippen molar-refractivity contribution in [3.63, 3.8) is 0 Å². The van der Waals surface area contributed by atoms with E-state index in [1.807, 2.05) is 68.4 Å². The van der Waals surface area contributed by atoms with E-state index in [-0.39, 0.29) is 0 Å². The number of thiazole rings is 1. The van der Waals surface area contributed by atoms with Crippen LogP contribution in [0.25, 0.3) is 16.9 Å². The first kappa shape index (κ1) is 21.1. The van der Waals surface area contributed by atoms with Crippen LogP contribution in [0.4, 0.5) is 0 Å². The monoisotopic (exact) mass is 447 g/mol. The topological polar surface area (TPSA) is 38.9 Å². The first-order chi connectivity index (χ1) is 15.2. The lowest BCUT2D eigenvalue weighted by molar-refractivity contribution is 0.340. The second-order valence-corrected chi connectivity index (χ2v) is 8.10. The van der Waals surface area contributed by atoms with Gasteiger partial charge in [0.15, 0.2) is 0 Å². The maximum Gasteiger partial charge on any atom is 0.215 e. The van der Waals surface area contributed by atoms with E-state index in [0.29, 0.717) is 11.6 Å². The standard InChI is InChI=1S/C25H22ClN3OS/c1-3-30-23-15-11-20(12-16-23)24-17-31-25(29(24)22-7-5-4-6-8-22)28-27-18(2)19-9-13-21(26)14-10-19/h4-17H,3H2,1-2H3. The van der Waals surface area contributed by atoms with Crippen LogP contribution < -0.4 is 9.54 Å². The number of para-hydroxylation sites is 1. The highest BCUT2D eigenvalue weighted by atomic mass is 35.5. The number of ether oxygens (including phenoxy) is 1. The van der Waals surface area contributed by atoms with Crippen molar-refractivity contribution in [3.05, 3.63) is 99.6 Å². The number of hydrogen-bond donors (Lipinski definition) is 0. The average Bonchev–Trinajstić information content (AvgIpc) is 3.23. The van der Waals surface area contributed by atoms with Gasteiger partial charge in [-0.2, -0.15) is 5.10 Å². The van der Waals surface area contributed by atoms with Crippen molar-refractivity contribution in [1.29, 1.82) is 0 Å². The molecule has 0 radical (unpaired) electrons. The molecule has 0 unspecified atom stereocenters. The lowest BCUT2D eigenvalue weighted by atomic mass is 10.1. The fourth-order valence-electron chi connectivity index (χ4n) is 3.16.